The monoisotopic (exact) mass is 266 g/mol. The predicted molar refractivity (Wildman–Crippen MR) is 81.3 cm³/mol. The Kier molecular flexibility index (Phi) is 7.17. The van der Waals surface area contributed by atoms with E-state index in [4.69, 9.17) is 4.42 Å². The predicted octanol–water partition coefficient (Wildman–Crippen LogP) is 3.43. The largest absolute Gasteiger partial charge is 0.465 e. The van der Waals surface area contributed by atoms with Crippen LogP contribution in [0.4, 0.5) is 0 Å². The summed E-state index contributed by atoms with van der Waals surface area (Å²) >= 11 is 0. The van der Waals surface area contributed by atoms with E-state index in [1.165, 1.54) is 12.8 Å². The van der Waals surface area contributed by atoms with Crippen molar-refractivity contribution in [1.29, 1.82) is 0 Å². The van der Waals surface area contributed by atoms with E-state index in [1.807, 2.05) is 13.0 Å². The highest BCUT2D eigenvalue weighted by molar-refractivity contribution is 5.05. The molecule has 0 aromatic carbocycles. The van der Waals surface area contributed by atoms with Crippen LogP contribution in [0, 0.1) is 12.8 Å². The molecule has 1 heterocycles. The molecular formula is C16H30N2O. The molecule has 0 amide bonds. The standard InChI is InChI=1S/C16H30N2O/c1-13(2)6-7-14(3)17-10-11-18(5)12-16-9-8-15(4)19-16/h8-9,13-14,17H,6-7,10-12H2,1-5H3. The molecule has 0 spiro atoms. The van der Waals surface area contributed by atoms with Crippen molar-refractivity contribution < 1.29 is 4.42 Å². The van der Waals surface area contributed by atoms with Crippen LogP contribution in [-0.4, -0.2) is 31.1 Å². The highest BCUT2D eigenvalue weighted by Crippen LogP contribution is 2.08. The second kappa shape index (κ2) is 8.39. The van der Waals surface area contributed by atoms with Gasteiger partial charge in [0.25, 0.3) is 0 Å². The summed E-state index contributed by atoms with van der Waals surface area (Å²) in [6, 6.07) is 4.70. The normalized spacial score (nSPS) is 13.4. The highest BCUT2D eigenvalue weighted by Gasteiger charge is 2.06. The molecule has 3 nitrogen and oxygen atoms in total. The fourth-order valence-corrected chi connectivity index (χ4v) is 2.10. The first-order valence-corrected chi connectivity index (χ1v) is 7.44. The summed E-state index contributed by atoms with van der Waals surface area (Å²) in [6.07, 6.45) is 2.56. The van der Waals surface area contributed by atoms with E-state index in [2.05, 4.69) is 44.1 Å². The molecule has 0 radical (unpaired) electrons. The molecule has 1 N–H and O–H groups in total. The number of aryl methyl sites for hydroxylation is 1. The van der Waals surface area contributed by atoms with Gasteiger partial charge in [-0.05, 0) is 51.8 Å². The van der Waals surface area contributed by atoms with E-state index < -0.39 is 0 Å². The van der Waals surface area contributed by atoms with Crippen LogP contribution in [0.1, 0.15) is 45.1 Å². The van der Waals surface area contributed by atoms with Crippen LogP contribution < -0.4 is 5.32 Å². The molecule has 110 valence electrons. The number of rotatable bonds is 9. The van der Waals surface area contributed by atoms with Crippen LogP contribution in [0.15, 0.2) is 16.5 Å². The van der Waals surface area contributed by atoms with Crippen LogP contribution in [0.25, 0.3) is 0 Å². The molecule has 0 saturated heterocycles. The molecule has 1 unspecified atom stereocenters. The number of hydrogen-bond acceptors (Lipinski definition) is 3. The zero-order valence-corrected chi connectivity index (χ0v) is 13.2. The van der Waals surface area contributed by atoms with Gasteiger partial charge >= 0.3 is 0 Å². The van der Waals surface area contributed by atoms with Crippen molar-refractivity contribution in [3.05, 3.63) is 23.7 Å². The van der Waals surface area contributed by atoms with E-state index >= 15 is 0 Å². The van der Waals surface area contributed by atoms with E-state index in [0.717, 1.165) is 37.1 Å². The minimum atomic E-state index is 0.613. The van der Waals surface area contributed by atoms with Crippen molar-refractivity contribution in [1.82, 2.24) is 10.2 Å². The van der Waals surface area contributed by atoms with Crippen molar-refractivity contribution in [2.75, 3.05) is 20.1 Å². The third kappa shape index (κ3) is 7.38. The Bertz CT molecular complexity index is 346. The maximum absolute atomic E-state index is 5.58. The van der Waals surface area contributed by atoms with E-state index in [-0.39, 0.29) is 0 Å². The summed E-state index contributed by atoms with van der Waals surface area (Å²) in [7, 11) is 2.14. The van der Waals surface area contributed by atoms with Gasteiger partial charge in [0.05, 0.1) is 6.54 Å². The minimum absolute atomic E-state index is 0.613. The lowest BCUT2D eigenvalue weighted by Crippen LogP contribution is -2.34. The average molecular weight is 266 g/mol. The molecule has 0 bridgehead atoms. The molecular weight excluding hydrogens is 236 g/mol. The summed E-state index contributed by atoms with van der Waals surface area (Å²) in [5.74, 6) is 2.84. The summed E-state index contributed by atoms with van der Waals surface area (Å²) in [6.45, 7) is 11.8. The molecule has 1 aromatic heterocycles. The maximum atomic E-state index is 5.58. The number of likely N-dealkylation sites (N-methyl/N-ethyl adjacent to an activating group) is 1. The Morgan fingerprint density at radius 2 is 1.95 bits per heavy atom. The van der Waals surface area contributed by atoms with Crippen LogP contribution in [-0.2, 0) is 6.54 Å². The molecule has 0 aliphatic carbocycles. The second-order valence-electron chi connectivity index (χ2n) is 6.08. The van der Waals surface area contributed by atoms with Gasteiger partial charge < -0.3 is 9.73 Å². The number of hydrogen-bond donors (Lipinski definition) is 1. The maximum Gasteiger partial charge on any atom is 0.118 e. The Morgan fingerprint density at radius 3 is 2.53 bits per heavy atom. The molecule has 1 aromatic rings. The average Bonchev–Trinajstić information content (AvgIpc) is 2.72. The zero-order chi connectivity index (χ0) is 14.3. The summed E-state index contributed by atoms with van der Waals surface area (Å²) in [4.78, 5) is 2.29. The second-order valence-corrected chi connectivity index (χ2v) is 6.08. The summed E-state index contributed by atoms with van der Waals surface area (Å²) < 4.78 is 5.58. The van der Waals surface area contributed by atoms with Crippen molar-refractivity contribution in [3.8, 4) is 0 Å². The Hall–Kier alpha value is -0.800. The Morgan fingerprint density at radius 1 is 1.21 bits per heavy atom. The lowest BCUT2D eigenvalue weighted by molar-refractivity contribution is 0.285. The van der Waals surface area contributed by atoms with Crippen LogP contribution >= 0.6 is 0 Å². The lowest BCUT2D eigenvalue weighted by Gasteiger charge is -2.19. The molecule has 1 rings (SSSR count). The third-order valence-corrected chi connectivity index (χ3v) is 3.39. The van der Waals surface area contributed by atoms with Crippen molar-refractivity contribution in [2.24, 2.45) is 5.92 Å². The van der Waals surface area contributed by atoms with Crippen molar-refractivity contribution in [3.63, 3.8) is 0 Å². The fourth-order valence-electron chi connectivity index (χ4n) is 2.10. The number of nitrogens with one attached hydrogen (secondary N) is 1. The summed E-state index contributed by atoms with van der Waals surface area (Å²) in [5, 5.41) is 3.59. The van der Waals surface area contributed by atoms with Crippen molar-refractivity contribution >= 4 is 0 Å². The van der Waals surface area contributed by atoms with Gasteiger partial charge in [0, 0.05) is 19.1 Å². The number of nitrogens with zero attached hydrogens (tertiary/aromatic N) is 1. The van der Waals surface area contributed by atoms with Gasteiger partial charge in [0.1, 0.15) is 11.5 Å². The number of furan rings is 1. The topological polar surface area (TPSA) is 28.4 Å². The quantitative estimate of drug-likeness (QED) is 0.742. The van der Waals surface area contributed by atoms with Crippen LogP contribution in [0.5, 0.6) is 0 Å². The van der Waals surface area contributed by atoms with Gasteiger partial charge in [-0.2, -0.15) is 0 Å². The Labute approximate surface area is 118 Å². The third-order valence-electron chi connectivity index (χ3n) is 3.39. The fraction of sp³-hybridized carbons (Fsp3) is 0.750. The van der Waals surface area contributed by atoms with Crippen LogP contribution in [0.3, 0.4) is 0 Å². The molecule has 0 aliphatic heterocycles. The van der Waals surface area contributed by atoms with E-state index in [0.29, 0.717) is 6.04 Å². The smallest absolute Gasteiger partial charge is 0.118 e. The highest BCUT2D eigenvalue weighted by atomic mass is 16.3. The van der Waals surface area contributed by atoms with Crippen molar-refractivity contribution in [2.45, 2.75) is 53.1 Å². The van der Waals surface area contributed by atoms with Gasteiger partial charge in [-0.15, -0.1) is 0 Å². The van der Waals surface area contributed by atoms with E-state index in [1.54, 1.807) is 0 Å². The van der Waals surface area contributed by atoms with Gasteiger partial charge in [0.2, 0.25) is 0 Å². The zero-order valence-electron chi connectivity index (χ0n) is 13.2. The minimum Gasteiger partial charge on any atom is -0.465 e. The molecule has 0 aliphatic rings. The first kappa shape index (κ1) is 16.3. The molecule has 1 atom stereocenters. The van der Waals surface area contributed by atoms with Gasteiger partial charge in [-0.3, -0.25) is 4.90 Å². The van der Waals surface area contributed by atoms with Gasteiger partial charge in [0.15, 0.2) is 0 Å². The summed E-state index contributed by atoms with van der Waals surface area (Å²) in [5.41, 5.74) is 0. The Balaban J connectivity index is 2.11. The van der Waals surface area contributed by atoms with Crippen LogP contribution in [0.2, 0.25) is 0 Å². The molecule has 0 saturated carbocycles. The first-order valence-electron chi connectivity index (χ1n) is 7.44. The molecule has 3 heteroatoms. The van der Waals surface area contributed by atoms with Gasteiger partial charge in [-0.1, -0.05) is 13.8 Å². The molecule has 19 heavy (non-hydrogen) atoms. The first-order chi connectivity index (χ1) is 8.97. The van der Waals surface area contributed by atoms with E-state index in [9.17, 15) is 0 Å². The van der Waals surface area contributed by atoms with Gasteiger partial charge in [-0.25, -0.2) is 0 Å². The molecule has 0 fully saturated rings. The SMILES string of the molecule is Cc1ccc(CN(C)CCNC(C)CCC(C)C)o1. The lowest BCUT2D eigenvalue weighted by atomic mass is 10.0.